The third-order valence-electron chi connectivity index (χ3n) is 18.7. The molecular weight excluding hydrogens is 975 g/mol. The van der Waals surface area contributed by atoms with E-state index in [1.165, 1.54) is 270 Å². The van der Waals surface area contributed by atoms with Crippen molar-refractivity contribution in [3.05, 3.63) is 0 Å². The molecule has 1 saturated heterocycles. The molecule has 7 nitrogen and oxygen atoms in total. The molecular formula is C72H143NO6. The van der Waals surface area contributed by atoms with Gasteiger partial charge in [-0.05, 0) is 25.7 Å². The molecule has 6 atom stereocenters. The van der Waals surface area contributed by atoms with E-state index < -0.39 is 35.2 Å². The summed E-state index contributed by atoms with van der Waals surface area (Å²) in [6.45, 7) is 10.6. The maximum atomic E-state index is 13.5. The molecule has 79 heavy (non-hydrogen) atoms. The van der Waals surface area contributed by atoms with Gasteiger partial charge < -0.3 is 30.5 Å². The summed E-state index contributed by atoms with van der Waals surface area (Å²) in [5.41, 5.74) is -3.75. The van der Waals surface area contributed by atoms with E-state index in [-0.39, 0.29) is 25.2 Å². The van der Waals surface area contributed by atoms with Crippen molar-refractivity contribution in [3.63, 3.8) is 0 Å². The summed E-state index contributed by atoms with van der Waals surface area (Å²) in [4.78, 5) is 13.3. The Hall–Kier alpha value is -0.730. The molecule has 1 aliphatic rings. The van der Waals surface area contributed by atoms with Crippen LogP contribution in [-0.2, 0) is 9.53 Å². The summed E-state index contributed by atoms with van der Waals surface area (Å²) < 4.78 is 6.82. The number of rotatable bonds is 62. The minimum Gasteiger partial charge on any atom is -0.390 e. The van der Waals surface area contributed by atoms with Gasteiger partial charge >= 0.3 is 0 Å². The molecule has 472 valence electrons. The SMILES string of the molecule is CCCCCCCCCCCCCCCCC(O)[C@H]1OC(O)(CCCCCCCCCCCCCCCC)[C@H](NC(C)=O)[C@](O)(CCCCCCCCCCCCCCCC)[C@@]1(O)CCCCCCCCCCCCCCCC. The van der Waals surface area contributed by atoms with Gasteiger partial charge in [0.2, 0.25) is 5.91 Å². The molecule has 0 saturated carbocycles. The minimum atomic E-state index is -1.93. The molecule has 2 unspecified atom stereocenters. The number of nitrogens with one attached hydrogen (secondary N) is 1. The number of unbranched alkanes of at least 4 members (excludes halogenated alkanes) is 52. The van der Waals surface area contributed by atoms with E-state index in [0.29, 0.717) is 25.7 Å². The quantitative estimate of drug-likeness (QED) is 0.0387. The first kappa shape index (κ1) is 76.3. The monoisotopic (exact) mass is 1120 g/mol. The number of hydrogen-bond donors (Lipinski definition) is 5. The van der Waals surface area contributed by atoms with Gasteiger partial charge in [-0.15, -0.1) is 0 Å². The molecule has 0 aromatic heterocycles. The zero-order chi connectivity index (χ0) is 57.7. The average Bonchev–Trinajstić information content (AvgIpc) is 3.64. The second-order valence-corrected chi connectivity index (χ2v) is 26.4. The molecule has 0 aliphatic carbocycles. The van der Waals surface area contributed by atoms with Gasteiger partial charge in [-0.25, -0.2) is 0 Å². The lowest BCUT2D eigenvalue weighted by atomic mass is 9.62. The molecule has 7 heteroatoms. The van der Waals surface area contributed by atoms with Crippen molar-refractivity contribution in [3.8, 4) is 0 Å². The van der Waals surface area contributed by atoms with Crippen molar-refractivity contribution < 1.29 is 30.0 Å². The highest BCUT2D eigenvalue weighted by Crippen LogP contribution is 2.50. The van der Waals surface area contributed by atoms with E-state index in [1.807, 2.05) is 0 Å². The van der Waals surface area contributed by atoms with Gasteiger partial charge in [-0.2, -0.15) is 0 Å². The van der Waals surface area contributed by atoms with Gasteiger partial charge in [0.05, 0.1) is 6.10 Å². The molecule has 1 rings (SSSR count). The van der Waals surface area contributed by atoms with E-state index in [0.717, 1.165) is 77.0 Å². The number of ether oxygens (including phenoxy) is 1. The zero-order valence-electron chi connectivity index (χ0n) is 54.3. The van der Waals surface area contributed by atoms with Gasteiger partial charge in [0.25, 0.3) is 0 Å². The highest BCUT2D eigenvalue weighted by atomic mass is 16.7. The predicted octanol–water partition coefficient (Wildman–Crippen LogP) is 21.9. The summed E-state index contributed by atoms with van der Waals surface area (Å²) >= 11 is 0. The fraction of sp³-hybridized carbons (Fsp3) is 0.986. The Morgan fingerprint density at radius 1 is 0.342 bits per heavy atom. The Morgan fingerprint density at radius 2 is 0.557 bits per heavy atom. The molecule has 1 heterocycles. The molecule has 1 aliphatic heterocycles. The average molecular weight is 1120 g/mol. The second-order valence-electron chi connectivity index (χ2n) is 26.4. The van der Waals surface area contributed by atoms with Gasteiger partial charge in [-0.1, -0.05) is 381 Å². The summed E-state index contributed by atoms with van der Waals surface area (Å²) in [6, 6.07) is -1.22. The van der Waals surface area contributed by atoms with Crippen LogP contribution < -0.4 is 5.32 Å². The van der Waals surface area contributed by atoms with Crippen LogP contribution in [0.3, 0.4) is 0 Å². The number of carbonyl (C=O) groups is 1. The Bertz CT molecular complexity index is 1280. The van der Waals surface area contributed by atoms with Crippen LogP contribution in [0.15, 0.2) is 0 Å². The van der Waals surface area contributed by atoms with Crippen molar-refractivity contribution in [2.45, 2.75) is 455 Å². The van der Waals surface area contributed by atoms with Gasteiger partial charge in [0.1, 0.15) is 23.3 Å². The molecule has 0 radical (unpaired) electrons. The highest BCUT2D eigenvalue weighted by molar-refractivity contribution is 5.73. The summed E-state index contributed by atoms with van der Waals surface area (Å²) in [5, 5.41) is 55.3. The summed E-state index contributed by atoms with van der Waals surface area (Å²) in [5.74, 6) is -2.29. The minimum absolute atomic E-state index is 0.230. The first-order valence-electron chi connectivity index (χ1n) is 36.4. The highest BCUT2D eigenvalue weighted by Gasteiger charge is 2.69. The lowest BCUT2D eigenvalue weighted by Gasteiger charge is -2.61. The van der Waals surface area contributed by atoms with Crippen LogP contribution in [0, 0.1) is 0 Å². The maximum Gasteiger partial charge on any atom is 0.217 e. The number of aliphatic hydroxyl groups excluding tert-OH is 1. The molecule has 5 N–H and O–H groups in total. The normalized spacial score (nSPS) is 20.8. The van der Waals surface area contributed by atoms with Crippen LogP contribution in [-0.4, -0.2) is 61.6 Å². The Kier molecular flexibility index (Phi) is 52.1. The molecule has 0 aromatic rings. The Labute approximate surface area is 494 Å². The smallest absolute Gasteiger partial charge is 0.217 e. The van der Waals surface area contributed by atoms with Crippen LogP contribution in [0.2, 0.25) is 0 Å². The van der Waals surface area contributed by atoms with Crippen molar-refractivity contribution in [2.75, 3.05) is 0 Å². The van der Waals surface area contributed by atoms with Gasteiger partial charge in [0, 0.05) is 13.3 Å². The van der Waals surface area contributed by atoms with Crippen LogP contribution in [0.1, 0.15) is 420 Å². The molecule has 1 fully saturated rings. The van der Waals surface area contributed by atoms with Crippen molar-refractivity contribution in [1.82, 2.24) is 5.32 Å². The fourth-order valence-electron chi connectivity index (χ4n) is 13.5. The van der Waals surface area contributed by atoms with E-state index in [2.05, 4.69) is 33.0 Å². The van der Waals surface area contributed by atoms with Gasteiger partial charge in [0.15, 0.2) is 5.79 Å². The standard InChI is InChI=1S/C72H143NO6/c1-6-10-14-18-22-26-30-34-38-42-46-50-54-58-62-67(75)68-70(76,63-59-55-51-47-43-39-35-31-27-23-19-15-11-7-2)71(77,64-60-56-52-48-44-40-36-32-28-24-20-16-12-8-3)69(73-66(5)74)72(78,79-68)65-61-57-53-49-45-41-37-33-29-25-21-17-13-9-4/h67-69,75-78H,6-65H2,1-5H3,(H,73,74)/t67?,68-,69-,70-,71-,72?/m1/s1. The predicted molar refractivity (Wildman–Crippen MR) is 343 cm³/mol. The number of carbonyl (C=O) groups excluding carboxylic acids is 1. The van der Waals surface area contributed by atoms with Crippen LogP contribution in [0.25, 0.3) is 0 Å². The van der Waals surface area contributed by atoms with Crippen molar-refractivity contribution in [2.24, 2.45) is 0 Å². The number of aliphatic hydroxyl groups is 4. The largest absolute Gasteiger partial charge is 0.390 e. The Morgan fingerprint density at radius 3 is 0.810 bits per heavy atom. The lowest BCUT2D eigenvalue weighted by Crippen LogP contribution is -2.82. The third kappa shape index (κ3) is 38.8. The summed E-state index contributed by atoms with van der Waals surface area (Å²) in [6.07, 6.45) is 67.7. The summed E-state index contributed by atoms with van der Waals surface area (Å²) in [7, 11) is 0. The van der Waals surface area contributed by atoms with Crippen LogP contribution in [0.4, 0.5) is 0 Å². The lowest BCUT2D eigenvalue weighted by molar-refractivity contribution is -0.386. The maximum absolute atomic E-state index is 13.5. The fourth-order valence-corrected chi connectivity index (χ4v) is 13.5. The van der Waals surface area contributed by atoms with E-state index in [1.54, 1.807) is 0 Å². The van der Waals surface area contributed by atoms with Crippen LogP contribution in [0.5, 0.6) is 0 Å². The zero-order valence-corrected chi connectivity index (χ0v) is 54.3. The second kappa shape index (κ2) is 54.0. The molecule has 1 amide bonds. The molecule has 0 bridgehead atoms. The van der Waals surface area contributed by atoms with Crippen molar-refractivity contribution >= 4 is 5.91 Å². The van der Waals surface area contributed by atoms with E-state index in [9.17, 15) is 25.2 Å². The van der Waals surface area contributed by atoms with Gasteiger partial charge in [-0.3, -0.25) is 4.79 Å². The van der Waals surface area contributed by atoms with E-state index >= 15 is 0 Å². The number of hydrogen-bond acceptors (Lipinski definition) is 6. The van der Waals surface area contributed by atoms with E-state index in [4.69, 9.17) is 4.74 Å². The topological polar surface area (TPSA) is 119 Å². The van der Waals surface area contributed by atoms with Crippen LogP contribution >= 0.6 is 0 Å². The third-order valence-corrected chi connectivity index (χ3v) is 18.7. The first-order valence-corrected chi connectivity index (χ1v) is 36.4. The molecule has 0 aromatic carbocycles. The molecule has 0 spiro atoms. The number of amides is 1. The Balaban J connectivity index is 3.15. The van der Waals surface area contributed by atoms with Crippen molar-refractivity contribution in [1.29, 1.82) is 0 Å². The first-order chi connectivity index (χ1) is 38.6.